The lowest BCUT2D eigenvalue weighted by atomic mass is 9.72. The van der Waals surface area contributed by atoms with Crippen molar-refractivity contribution in [1.29, 1.82) is 0 Å². The predicted molar refractivity (Wildman–Crippen MR) is 157 cm³/mol. The Morgan fingerprint density at radius 1 is 1.06 bits per heavy atom. The molecule has 0 amide bonds. The number of aromatic hydroxyl groups is 2. The zero-order chi connectivity index (χ0) is 34.2. The van der Waals surface area contributed by atoms with Gasteiger partial charge in [0.2, 0.25) is 11.6 Å². The minimum Gasteiger partial charge on any atom is -0.507 e. The smallest absolute Gasteiger partial charge is 0.207 e. The molecule has 2 aliphatic carbocycles. The third-order valence-electron chi connectivity index (χ3n) is 9.70. The summed E-state index contributed by atoms with van der Waals surface area (Å²) in [4.78, 5) is 40.2. The van der Waals surface area contributed by atoms with E-state index >= 15 is 0 Å². The first kappa shape index (κ1) is 33.4. The van der Waals surface area contributed by atoms with Crippen LogP contribution in [0.1, 0.15) is 75.8 Å². The van der Waals surface area contributed by atoms with E-state index in [2.05, 4.69) is 5.32 Å². The molecule has 0 bridgehead atoms. The van der Waals surface area contributed by atoms with Crippen LogP contribution in [-0.2, 0) is 25.4 Å². The maximum absolute atomic E-state index is 13.8. The molecule has 9 atom stereocenters. The fourth-order valence-corrected chi connectivity index (χ4v) is 6.97. The van der Waals surface area contributed by atoms with E-state index in [0.29, 0.717) is 0 Å². The van der Waals surface area contributed by atoms with Crippen molar-refractivity contribution in [2.24, 2.45) is 0 Å². The van der Waals surface area contributed by atoms with Crippen LogP contribution < -0.4 is 10.1 Å². The highest BCUT2D eigenvalue weighted by Crippen LogP contribution is 2.52. The summed E-state index contributed by atoms with van der Waals surface area (Å²) in [6, 6.07) is 3.53. The van der Waals surface area contributed by atoms with E-state index in [1.165, 1.54) is 25.3 Å². The third kappa shape index (κ3) is 5.31. The molecule has 0 aromatic heterocycles. The minimum atomic E-state index is -2.13. The number of phenols is 2. The number of aliphatic hydroxyl groups excluding tert-OH is 3. The largest absolute Gasteiger partial charge is 0.507 e. The van der Waals surface area contributed by atoms with Crippen LogP contribution in [0.4, 0.5) is 0 Å². The molecule has 0 unspecified atom stereocenters. The first-order valence-electron chi connectivity index (χ1n) is 15.2. The van der Waals surface area contributed by atoms with Gasteiger partial charge in [0.1, 0.15) is 35.1 Å². The van der Waals surface area contributed by atoms with Gasteiger partial charge in [-0.3, -0.25) is 14.4 Å². The van der Waals surface area contributed by atoms with Gasteiger partial charge in [-0.2, -0.15) is 0 Å². The number of nitrogens with one attached hydrogen (secondary N) is 1. The van der Waals surface area contributed by atoms with E-state index in [4.69, 9.17) is 18.9 Å². The van der Waals surface area contributed by atoms with Crippen LogP contribution in [0.5, 0.6) is 17.2 Å². The first-order chi connectivity index (χ1) is 22.1. The molecule has 2 fully saturated rings. The van der Waals surface area contributed by atoms with Gasteiger partial charge in [0.25, 0.3) is 0 Å². The number of rotatable bonds is 7. The van der Waals surface area contributed by atoms with Crippen LogP contribution in [0.15, 0.2) is 18.2 Å². The SMILES string of the molecule is COc1cccc2c1C(=O)c1c(O)c3c(c(O)c1C2=O)C[C@@](O)(C(C)=O)C[C@H]3O[C@H]1C[C@@H](NC[C@@]2(O)OC[C@@H](O)[C@H]2O)[C@@H](O)[C@@H](C)O1. The molecule has 0 radical (unpaired) electrons. The molecule has 8 N–H and O–H groups in total. The van der Waals surface area contributed by atoms with E-state index in [0.717, 1.165) is 6.92 Å². The fourth-order valence-electron chi connectivity index (χ4n) is 6.97. The van der Waals surface area contributed by atoms with Crippen molar-refractivity contribution in [1.82, 2.24) is 5.32 Å². The molecule has 0 saturated carbocycles. The summed E-state index contributed by atoms with van der Waals surface area (Å²) in [5, 5.41) is 78.9. The molecule has 0 spiro atoms. The van der Waals surface area contributed by atoms with Crippen molar-refractivity contribution >= 4 is 17.3 Å². The first-order valence-corrected chi connectivity index (χ1v) is 15.2. The van der Waals surface area contributed by atoms with Gasteiger partial charge >= 0.3 is 0 Å². The lowest BCUT2D eigenvalue weighted by molar-refractivity contribution is -0.254. The van der Waals surface area contributed by atoms with Gasteiger partial charge < -0.3 is 60.0 Å². The molecule has 6 rings (SSSR count). The van der Waals surface area contributed by atoms with Crippen LogP contribution in [0, 0.1) is 0 Å². The van der Waals surface area contributed by atoms with E-state index in [9.17, 15) is 50.1 Å². The number of ketones is 3. The monoisotopic (exact) mass is 659 g/mol. The summed E-state index contributed by atoms with van der Waals surface area (Å²) in [5.74, 6) is -5.65. The number of Topliss-reactive ketones (excluding diaryl/α,β-unsaturated/α-hetero) is 1. The Kier molecular flexibility index (Phi) is 8.44. The topological polar surface area (TPSA) is 242 Å². The predicted octanol–water partition coefficient (Wildman–Crippen LogP) is -0.900. The number of carbonyl (C=O) groups excluding carboxylic acids is 3. The van der Waals surface area contributed by atoms with Gasteiger partial charge in [0, 0.05) is 42.0 Å². The summed E-state index contributed by atoms with van der Waals surface area (Å²) in [5.41, 5.74) is -3.50. The maximum atomic E-state index is 13.8. The molecule has 15 nitrogen and oxygen atoms in total. The van der Waals surface area contributed by atoms with E-state index in [-0.39, 0.29) is 47.6 Å². The number of aliphatic hydroxyl groups is 5. The normalized spacial score (nSPS) is 34.9. The van der Waals surface area contributed by atoms with Crippen molar-refractivity contribution in [2.75, 3.05) is 20.3 Å². The van der Waals surface area contributed by atoms with Crippen LogP contribution >= 0.6 is 0 Å². The highest BCUT2D eigenvalue weighted by atomic mass is 16.7. The van der Waals surface area contributed by atoms with Crippen LogP contribution in [0.2, 0.25) is 0 Å². The highest BCUT2D eigenvalue weighted by molar-refractivity contribution is 6.31. The number of ether oxygens (including phenoxy) is 4. The molecular formula is C32H37NO14. The molecule has 254 valence electrons. The highest BCUT2D eigenvalue weighted by Gasteiger charge is 2.51. The number of benzene rings is 2. The van der Waals surface area contributed by atoms with E-state index < -0.39 is 107 Å². The number of hydrogen-bond acceptors (Lipinski definition) is 15. The van der Waals surface area contributed by atoms with Crippen LogP contribution in [0.3, 0.4) is 0 Å². The minimum absolute atomic E-state index is 0.0571. The summed E-state index contributed by atoms with van der Waals surface area (Å²) in [7, 11) is 1.32. The zero-order valence-electron chi connectivity index (χ0n) is 25.8. The maximum Gasteiger partial charge on any atom is 0.207 e. The second-order valence-electron chi connectivity index (χ2n) is 12.6. The summed E-state index contributed by atoms with van der Waals surface area (Å²) in [6.45, 7) is 2.00. The van der Waals surface area contributed by atoms with Gasteiger partial charge in [0.05, 0.1) is 55.3 Å². The molecule has 2 aromatic carbocycles. The number of fused-ring (bicyclic) bond motifs is 3. The van der Waals surface area contributed by atoms with E-state index in [1.54, 1.807) is 6.92 Å². The molecule has 4 aliphatic rings. The van der Waals surface area contributed by atoms with Gasteiger partial charge in [-0.25, -0.2) is 0 Å². The number of methoxy groups -OCH3 is 1. The molecular weight excluding hydrogens is 622 g/mol. The molecule has 2 heterocycles. The van der Waals surface area contributed by atoms with Gasteiger partial charge in [-0.05, 0) is 19.9 Å². The Morgan fingerprint density at radius 2 is 1.77 bits per heavy atom. The number of phenolic OH excluding ortho intramolecular Hbond substituents is 2. The van der Waals surface area contributed by atoms with E-state index in [1.807, 2.05) is 0 Å². The van der Waals surface area contributed by atoms with Crippen LogP contribution in [-0.4, -0.2) is 121 Å². The lowest BCUT2D eigenvalue weighted by Crippen LogP contribution is -2.59. The van der Waals surface area contributed by atoms with Crippen molar-refractivity contribution in [3.63, 3.8) is 0 Å². The molecule has 15 heteroatoms. The van der Waals surface area contributed by atoms with Crippen LogP contribution in [0.25, 0.3) is 0 Å². The van der Waals surface area contributed by atoms with Crippen molar-refractivity contribution < 1.29 is 69.1 Å². The Labute approximate surface area is 268 Å². The fraction of sp³-hybridized carbons (Fsp3) is 0.531. The summed E-state index contributed by atoms with van der Waals surface area (Å²) in [6.07, 6.45) is -8.48. The summed E-state index contributed by atoms with van der Waals surface area (Å²) < 4.78 is 22.5. The third-order valence-corrected chi connectivity index (χ3v) is 9.70. The Bertz CT molecular complexity index is 1640. The number of carbonyl (C=O) groups is 3. The number of hydrogen-bond donors (Lipinski definition) is 8. The Balaban J connectivity index is 1.36. The van der Waals surface area contributed by atoms with Crippen molar-refractivity contribution in [3.05, 3.63) is 51.6 Å². The average molecular weight is 660 g/mol. The average Bonchev–Trinajstić information content (AvgIpc) is 3.29. The Hall–Kier alpha value is -3.51. The second kappa shape index (κ2) is 11.9. The van der Waals surface area contributed by atoms with Crippen molar-refractivity contribution in [3.8, 4) is 17.2 Å². The van der Waals surface area contributed by atoms with Crippen molar-refractivity contribution in [2.45, 2.75) is 87.3 Å². The van der Waals surface area contributed by atoms with Gasteiger partial charge in [-0.15, -0.1) is 0 Å². The quantitative estimate of drug-likeness (QED) is 0.143. The van der Waals surface area contributed by atoms with Gasteiger partial charge in [0.15, 0.2) is 17.9 Å². The zero-order valence-corrected chi connectivity index (χ0v) is 25.8. The molecule has 47 heavy (non-hydrogen) atoms. The summed E-state index contributed by atoms with van der Waals surface area (Å²) >= 11 is 0. The lowest BCUT2D eigenvalue weighted by Gasteiger charge is -2.43. The molecule has 2 aliphatic heterocycles. The Morgan fingerprint density at radius 3 is 2.40 bits per heavy atom. The standard InChI is InChI=1S/C32H37NO14/c1-12-25(36)16(33-11-32(43)30(41)17(35)10-45-32)7-20(46-12)47-19-9-31(42,13(2)34)8-15-22(19)29(40)24-23(27(15)38)26(37)14-5-4-6-18(44-3)21(14)28(24)39/h4-6,12,16-17,19-20,25,30,33,35-36,38,40-43H,7-11H2,1-3H3/t12-,16-,17-,19-,20+,25+,30-,31+,32-/m1/s1. The molecule has 2 aromatic rings. The second-order valence-corrected chi connectivity index (χ2v) is 12.6. The van der Waals surface area contributed by atoms with Gasteiger partial charge in [-0.1, -0.05) is 12.1 Å². The molecule has 2 saturated heterocycles.